The van der Waals surface area contributed by atoms with Gasteiger partial charge in [-0.3, -0.25) is 4.90 Å². The summed E-state index contributed by atoms with van der Waals surface area (Å²) in [7, 11) is 0. The van der Waals surface area contributed by atoms with Crippen LogP contribution < -0.4 is 0 Å². The molecule has 4 heteroatoms. The maximum Gasteiger partial charge on any atom is 0.0730 e. The van der Waals surface area contributed by atoms with Gasteiger partial charge in [-0.15, -0.1) is 12.4 Å². The molecule has 0 N–H and O–H groups in total. The zero-order valence-corrected chi connectivity index (χ0v) is 15.5. The van der Waals surface area contributed by atoms with E-state index in [1.54, 1.807) is 0 Å². The van der Waals surface area contributed by atoms with Crippen LogP contribution in [0.5, 0.6) is 0 Å². The largest absolute Gasteiger partial charge is 0.379 e. The molecule has 0 aromatic heterocycles. The summed E-state index contributed by atoms with van der Waals surface area (Å²) in [4.78, 5) is 2.58. The van der Waals surface area contributed by atoms with Gasteiger partial charge >= 0.3 is 0 Å². The number of benzene rings is 2. The van der Waals surface area contributed by atoms with Gasteiger partial charge in [0.05, 0.1) is 25.9 Å². The van der Waals surface area contributed by atoms with Gasteiger partial charge in [0.25, 0.3) is 0 Å². The van der Waals surface area contributed by atoms with Crippen LogP contribution >= 0.6 is 12.4 Å². The van der Waals surface area contributed by atoms with Gasteiger partial charge in [-0.1, -0.05) is 42.5 Å². The van der Waals surface area contributed by atoms with Crippen molar-refractivity contribution in [3.05, 3.63) is 48.0 Å². The summed E-state index contributed by atoms with van der Waals surface area (Å²) in [6.45, 7) is 4.69. The van der Waals surface area contributed by atoms with E-state index in [-0.39, 0.29) is 12.4 Å². The van der Waals surface area contributed by atoms with Crippen LogP contribution in [0, 0.1) is 0 Å². The fraction of sp³-hybridized carbons (Fsp3) is 0.524. The van der Waals surface area contributed by atoms with E-state index in [1.165, 1.54) is 35.6 Å². The molecule has 4 rings (SSSR count). The lowest BCUT2D eigenvalue weighted by atomic mass is 10.0. The number of hydrogen-bond acceptors (Lipinski definition) is 3. The second-order valence-electron chi connectivity index (χ2n) is 6.94. The van der Waals surface area contributed by atoms with Crippen LogP contribution in [0.15, 0.2) is 42.5 Å². The average Bonchev–Trinajstić information content (AvgIpc) is 3.11. The number of morpholine rings is 1. The third-order valence-corrected chi connectivity index (χ3v) is 5.52. The molecule has 2 atom stereocenters. The summed E-state index contributed by atoms with van der Waals surface area (Å²) in [5, 5.41) is 2.68. The van der Waals surface area contributed by atoms with Crippen molar-refractivity contribution >= 4 is 23.2 Å². The molecule has 0 spiro atoms. The van der Waals surface area contributed by atoms with E-state index in [0.717, 1.165) is 39.3 Å². The smallest absolute Gasteiger partial charge is 0.0730 e. The van der Waals surface area contributed by atoms with Crippen LogP contribution in [0.1, 0.15) is 24.8 Å². The van der Waals surface area contributed by atoms with Gasteiger partial charge in [0.15, 0.2) is 0 Å². The molecular weight excluding hydrogens is 334 g/mol. The van der Waals surface area contributed by atoms with E-state index >= 15 is 0 Å². The Bertz CT molecular complexity index is 666. The lowest BCUT2D eigenvalue weighted by molar-refractivity contribution is -0.0366. The molecule has 3 nitrogen and oxygen atoms in total. The number of rotatable bonds is 5. The Kier molecular flexibility index (Phi) is 6.71. The highest BCUT2D eigenvalue weighted by Gasteiger charge is 2.33. The summed E-state index contributed by atoms with van der Waals surface area (Å²) >= 11 is 0. The Morgan fingerprint density at radius 1 is 1.00 bits per heavy atom. The predicted molar refractivity (Wildman–Crippen MR) is 105 cm³/mol. The van der Waals surface area contributed by atoms with Crippen molar-refractivity contribution in [1.29, 1.82) is 0 Å². The Labute approximate surface area is 156 Å². The Balaban J connectivity index is 0.00000182. The van der Waals surface area contributed by atoms with Crippen molar-refractivity contribution < 1.29 is 9.47 Å². The van der Waals surface area contributed by atoms with Gasteiger partial charge in [0.2, 0.25) is 0 Å². The molecular formula is C21H28ClNO2. The van der Waals surface area contributed by atoms with Crippen LogP contribution in [-0.2, 0) is 15.9 Å². The molecule has 2 fully saturated rings. The number of ether oxygens (including phenoxy) is 2. The molecule has 0 amide bonds. The molecule has 0 bridgehead atoms. The topological polar surface area (TPSA) is 21.7 Å². The molecule has 2 aromatic rings. The van der Waals surface area contributed by atoms with Crippen molar-refractivity contribution in [3.63, 3.8) is 0 Å². The first-order chi connectivity index (χ1) is 11.9. The van der Waals surface area contributed by atoms with E-state index in [2.05, 4.69) is 47.4 Å². The third kappa shape index (κ3) is 4.35. The summed E-state index contributed by atoms with van der Waals surface area (Å²) in [6.07, 6.45) is 5.17. The van der Waals surface area contributed by atoms with Crippen molar-refractivity contribution in [1.82, 2.24) is 4.90 Å². The second-order valence-corrected chi connectivity index (χ2v) is 6.94. The number of nitrogens with zero attached hydrogens (tertiary/aromatic N) is 1. The van der Waals surface area contributed by atoms with Gasteiger partial charge in [-0.25, -0.2) is 0 Å². The molecule has 1 aliphatic carbocycles. The maximum absolute atomic E-state index is 6.34. The maximum atomic E-state index is 6.34. The zero-order valence-electron chi connectivity index (χ0n) is 14.7. The first kappa shape index (κ1) is 18.7. The fourth-order valence-corrected chi connectivity index (χ4v) is 4.26. The number of fused-ring (bicyclic) bond motifs is 1. The lowest BCUT2D eigenvalue weighted by Gasteiger charge is -2.35. The minimum Gasteiger partial charge on any atom is -0.379 e. The van der Waals surface area contributed by atoms with E-state index in [1.807, 2.05) is 0 Å². The van der Waals surface area contributed by atoms with Crippen LogP contribution in [0.2, 0.25) is 0 Å². The summed E-state index contributed by atoms with van der Waals surface area (Å²) in [5.41, 5.74) is 1.40. The molecule has 136 valence electrons. The Hall–Kier alpha value is -1.13. The minimum atomic E-state index is 0. The molecule has 25 heavy (non-hydrogen) atoms. The van der Waals surface area contributed by atoms with Gasteiger partial charge in [0, 0.05) is 19.1 Å². The predicted octanol–water partition coefficient (Wildman–Crippen LogP) is 4.07. The fourth-order valence-electron chi connectivity index (χ4n) is 4.26. The first-order valence-electron chi connectivity index (χ1n) is 9.32. The molecule has 0 radical (unpaired) electrons. The molecule has 2 aliphatic rings. The minimum absolute atomic E-state index is 0. The van der Waals surface area contributed by atoms with Crippen LogP contribution in [-0.4, -0.2) is 50.0 Å². The van der Waals surface area contributed by atoms with Gasteiger partial charge < -0.3 is 9.47 Å². The van der Waals surface area contributed by atoms with Crippen LogP contribution in [0.25, 0.3) is 10.8 Å². The third-order valence-electron chi connectivity index (χ3n) is 5.52. The highest BCUT2D eigenvalue weighted by molar-refractivity contribution is 5.86. The summed E-state index contributed by atoms with van der Waals surface area (Å²) < 4.78 is 11.8. The molecule has 0 unspecified atom stereocenters. The van der Waals surface area contributed by atoms with Crippen LogP contribution in [0.4, 0.5) is 0 Å². The van der Waals surface area contributed by atoms with Gasteiger partial charge in [-0.05, 0) is 42.0 Å². The Morgan fingerprint density at radius 3 is 2.68 bits per heavy atom. The average molecular weight is 362 g/mol. The lowest BCUT2D eigenvalue weighted by Crippen LogP contribution is -2.47. The van der Waals surface area contributed by atoms with Gasteiger partial charge in [-0.2, -0.15) is 0 Å². The highest BCUT2D eigenvalue weighted by atomic mass is 35.5. The zero-order chi connectivity index (χ0) is 16.2. The second kappa shape index (κ2) is 9.00. The van der Waals surface area contributed by atoms with Crippen molar-refractivity contribution in [2.45, 2.75) is 37.8 Å². The number of halogens is 1. The number of hydrogen-bond donors (Lipinski definition) is 0. The van der Waals surface area contributed by atoms with Crippen molar-refractivity contribution in [3.8, 4) is 0 Å². The SMILES string of the molecule is Cl.c1ccc2c(CCO[C@@H]3CCC[C@H]3N3CCOCC3)cccc2c1. The molecule has 1 heterocycles. The van der Waals surface area contributed by atoms with Crippen LogP contribution in [0.3, 0.4) is 0 Å². The van der Waals surface area contributed by atoms with Gasteiger partial charge in [0.1, 0.15) is 0 Å². The first-order valence-corrected chi connectivity index (χ1v) is 9.32. The molecule has 2 aromatic carbocycles. The summed E-state index contributed by atoms with van der Waals surface area (Å²) in [5.74, 6) is 0. The van der Waals surface area contributed by atoms with E-state index in [0.29, 0.717) is 12.1 Å². The van der Waals surface area contributed by atoms with E-state index in [4.69, 9.17) is 9.47 Å². The van der Waals surface area contributed by atoms with Crippen molar-refractivity contribution in [2.24, 2.45) is 0 Å². The summed E-state index contributed by atoms with van der Waals surface area (Å²) in [6, 6.07) is 15.8. The monoisotopic (exact) mass is 361 g/mol. The van der Waals surface area contributed by atoms with Crippen molar-refractivity contribution in [2.75, 3.05) is 32.9 Å². The normalized spacial score (nSPS) is 24.3. The van der Waals surface area contributed by atoms with E-state index in [9.17, 15) is 0 Å². The Morgan fingerprint density at radius 2 is 1.80 bits per heavy atom. The standard InChI is InChI=1S/C21H27NO2.ClH/c1-2-8-19-17(5-1)6-3-7-18(19)11-14-24-21-10-4-9-20(21)22-12-15-23-16-13-22;/h1-3,5-8,20-21H,4,9-16H2;1H/t20-,21-;/m1./s1. The molecule has 1 saturated heterocycles. The van der Waals surface area contributed by atoms with E-state index < -0.39 is 0 Å². The highest BCUT2D eigenvalue weighted by Crippen LogP contribution is 2.28. The quantitative estimate of drug-likeness (QED) is 0.801. The molecule has 1 aliphatic heterocycles. The molecule has 1 saturated carbocycles.